The van der Waals surface area contributed by atoms with Crippen molar-refractivity contribution >= 4 is 11.7 Å². The largest absolute Gasteiger partial charge is 0.350 e. The predicted molar refractivity (Wildman–Crippen MR) is 102 cm³/mol. The maximum atomic E-state index is 11.3. The molecule has 1 aliphatic carbocycles. The Hall–Kier alpha value is -2.66. The number of primary amides is 1. The van der Waals surface area contributed by atoms with E-state index in [2.05, 4.69) is 64.4 Å². The van der Waals surface area contributed by atoms with Gasteiger partial charge in [0.15, 0.2) is 0 Å². The van der Waals surface area contributed by atoms with Gasteiger partial charge in [0.25, 0.3) is 0 Å². The molecule has 5 heteroatoms. The average Bonchev–Trinajstić information content (AvgIpc) is 2.68. The monoisotopic (exact) mass is 348 g/mol. The van der Waals surface area contributed by atoms with Gasteiger partial charge < -0.3 is 11.1 Å². The van der Waals surface area contributed by atoms with Gasteiger partial charge in [0.1, 0.15) is 0 Å². The SMILES string of the molecule is NC(=O)NN=C1[C@H]2CCC[C@H]1[C@H](c1ccccc1)N[C@@H]2c1ccccc1. The molecule has 2 amide bonds. The maximum absolute atomic E-state index is 11.3. The van der Waals surface area contributed by atoms with Crippen LogP contribution < -0.4 is 16.5 Å². The molecule has 4 N–H and O–H groups in total. The molecule has 134 valence electrons. The van der Waals surface area contributed by atoms with Crippen LogP contribution in [0, 0.1) is 11.8 Å². The first-order valence-electron chi connectivity index (χ1n) is 9.23. The van der Waals surface area contributed by atoms with Gasteiger partial charge in [-0.2, -0.15) is 5.10 Å². The summed E-state index contributed by atoms with van der Waals surface area (Å²) < 4.78 is 0. The fourth-order valence-electron chi connectivity index (χ4n) is 4.49. The van der Waals surface area contributed by atoms with Gasteiger partial charge in [0.05, 0.1) is 0 Å². The van der Waals surface area contributed by atoms with Gasteiger partial charge >= 0.3 is 6.03 Å². The average molecular weight is 348 g/mol. The predicted octanol–water partition coefficient (Wildman–Crippen LogP) is 3.51. The Balaban J connectivity index is 1.76. The number of carbonyl (C=O) groups is 1. The van der Waals surface area contributed by atoms with Gasteiger partial charge in [-0.3, -0.25) is 0 Å². The normalized spacial score (nSPS) is 29.3. The van der Waals surface area contributed by atoms with Crippen LogP contribution in [-0.4, -0.2) is 11.7 Å². The minimum atomic E-state index is -0.610. The van der Waals surface area contributed by atoms with E-state index in [1.165, 1.54) is 17.5 Å². The first-order valence-corrected chi connectivity index (χ1v) is 9.23. The summed E-state index contributed by atoms with van der Waals surface area (Å²) in [6, 6.07) is 20.7. The molecule has 2 aromatic rings. The Kier molecular flexibility index (Phi) is 4.71. The van der Waals surface area contributed by atoms with Crippen LogP contribution in [0.4, 0.5) is 4.79 Å². The molecule has 2 aromatic carbocycles. The minimum Gasteiger partial charge on any atom is -0.350 e. The van der Waals surface area contributed by atoms with Crippen molar-refractivity contribution in [2.24, 2.45) is 22.7 Å². The van der Waals surface area contributed by atoms with E-state index in [-0.39, 0.29) is 23.9 Å². The number of carbonyl (C=O) groups excluding carboxylic acids is 1. The van der Waals surface area contributed by atoms with Gasteiger partial charge in [-0.05, 0) is 24.0 Å². The molecule has 26 heavy (non-hydrogen) atoms. The summed E-state index contributed by atoms with van der Waals surface area (Å²) in [5, 5.41) is 8.35. The zero-order chi connectivity index (χ0) is 17.9. The molecule has 1 saturated heterocycles. The molecule has 1 heterocycles. The molecule has 4 atom stereocenters. The van der Waals surface area contributed by atoms with Crippen LogP contribution in [0.3, 0.4) is 0 Å². The van der Waals surface area contributed by atoms with Crippen LogP contribution in [-0.2, 0) is 0 Å². The van der Waals surface area contributed by atoms with Gasteiger partial charge in [-0.25, -0.2) is 10.2 Å². The van der Waals surface area contributed by atoms with Crippen LogP contribution in [0.5, 0.6) is 0 Å². The maximum Gasteiger partial charge on any atom is 0.332 e. The van der Waals surface area contributed by atoms with Crippen LogP contribution in [0.15, 0.2) is 65.8 Å². The molecule has 2 aliphatic rings. The first kappa shape index (κ1) is 16.8. The minimum absolute atomic E-state index is 0.173. The Morgan fingerprint density at radius 2 is 1.42 bits per heavy atom. The Bertz CT molecular complexity index is 735. The molecule has 5 nitrogen and oxygen atoms in total. The third-order valence-corrected chi connectivity index (χ3v) is 5.57. The number of nitrogens with one attached hydrogen (secondary N) is 2. The van der Waals surface area contributed by atoms with E-state index in [0.717, 1.165) is 18.6 Å². The van der Waals surface area contributed by atoms with Crippen molar-refractivity contribution in [3.05, 3.63) is 71.8 Å². The van der Waals surface area contributed by atoms with Crippen molar-refractivity contribution < 1.29 is 4.79 Å². The number of fused-ring (bicyclic) bond motifs is 2. The summed E-state index contributed by atoms with van der Waals surface area (Å²) in [4.78, 5) is 11.3. The van der Waals surface area contributed by atoms with Crippen LogP contribution in [0.25, 0.3) is 0 Å². The molecule has 0 spiro atoms. The van der Waals surface area contributed by atoms with Crippen LogP contribution in [0.1, 0.15) is 42.5 Å². The second kappa shape index (κ2) is 7.30. The topological polar surface area (TPSA) is 79.5 Å². The number of benzene rings is 2. The van der Waals surface area contributed by atoms with Crippen molar-refractivity contribution in [3.63, 3.8) is 0 Å². The van der Waals surface area contributed by atoms with Crippen molar-refractivity contribution in [1.29, 1.82) is 0 Å². The highest BCUT2D eigenvalue weighted by Crippen LogP contribution is 2.46. The quantitative estimate of drug-likeness (QED) is 0.742. The molecule has 2 fully saturated rings. The van der Waals surface area contributed by atoms with Gasteiger partial charge in [-0.1, -0.05) is 67.1 Å². The lowest BCUT2D eigenvalue weighted by Gasteiger charge is -2.47. The van der Waals surface area contributed by atoms with E-state index in [1.807, 2.05) is 12.1 Å². The summed E-state index contributed by atoms with van der Waals surface area (Å²) in [6.45, 7) is 0. The summed E-state index contributed by atoms with van der Waals surface area (Å²) >= 11 is 0. The lowest BCUT2D eigenvalue weighted by atomic mass is 9.67. The third-order valence-electron chi connectivity index (χ3n) is 5.57. The van der Waals surface area contributed by atoms with Crippen LogP contribution >= 0.6 is 0 Å². The highest BCUT2D eigenvalue weighted by Gasteiger charge is 2.45. The molecule has 1 saturated carbocycles. The second-order valence-corrected chi connectivity index (χ2v) is 7.10. The number of hydrogen-bond acceptors (Lipinski definition) is 3. The Labute approximate surface area is 153 Å². The number of piperidine rings is 1. The van der Waals surface area contributed by atoms with E-state index < -0.39 is 6.03 Å². The fraction of sp³-hybridized carbons (Fsp3) is 0.333. The van der Waals surface area contributed by atoms with Crippen molar-refractivity contribution in [2.45, 2.75) is 31.3 Å². The number of hydrogen-bond donors (Lipinski definition) is 3. The molecular weight excluding hydrogens is 324 g/mol. The lowest BCUT2D eigenvalue weighted by Crippen LogP contribution is -2.51. The van der Waals surface area contributed by atoms with Crippen LogP contribution in [0.2, 0.25) is 0 Å². The molecule has 4 rings (SSSR count). The molecule has 0 radical (unpaired) electrons. The van der Waals surface area contributed by atoms with Gasteiger partial charge in [-0.15, -0.1) is 0 Å². The van der Waals surface area contributed by atoms with E-state index in [1.54, 1.807) is 0 Å². The van der Waals surface area contributed by atoms with Crippen molar-refractivity contribution in [2.75, 3.05) is 0 Å². The number of nitrogens with two attached hydrogens (primary N) is 1. The van der Waals surface area contributed by atoms with E-state index in [4.69, 9.17) is 5.73 Å². The third kappa shape index (κ3) is 3.22. The van der Waals surface area contributed by atoms with E-state index in [0.29, 0.717) is 0 Å². The molecular formula is C21H24N4O. The lowest BCUT2D eigenvalue weighted by molar-refractivity contribution is 0.230. The highest BCUT2D eigenvalue weighted by molar-refractivity contribution is 5.92. The number of nitrogens with zero attached hydrogens (tertiary/aromatic N) is 1. The smallest absolute Gasteiger partial charge is 0.332 e. The second-order valence-electron chi connectivity index (χ2n) is 7.10. The Morgan fingerprint density at radius 3 is 1.88 bits per heavy atom. The molecule has 1 aliphatic heterocycles. The van der Waals surface area contributed by atoms with Gasteiger partial charge in [0, 0.05) is 29.6 Å². The zero-order valence-electron chi connectivity index (χ0n) is 14.6. The number of amides is 2. The number of rotatable bonds is 3. The number of urea groups is 1. The Morgan fingerprint density at radius 1 is 0.923 bits per heavy atom. The van der Waals surface area contributed by atoms with Gasteiger partial charge in [0.2, 0.25) is 0 Å². The van der Waals surface area contributed by atoms with Crippen molar-refractivity contribution in [1.82, 2.24) is 10.7 Å². The summed E-state index contributed by atoms with van der Waals surface area (Å²) in [7, 11) is 0. The van der Waals surface area contributed by atoms with E-state index in [9.17, 15) is 4.79 Å². The molecule has 2 bridgehead atoms. The number of hydrazone groups is 1. The zero-order valence-corrected chi connectivity index (χ0v) is 14.6. The van der Waals surface area contributed by atoms with E-state index >= 15 is 0 Å². The highest BCUT2D eigenvalue weighted by atomic mass is 16.2. The standard InChI is InChI=1S/C21H24N4O/c22-21(26)25-24-20-16-12-7-13-17(20)19(15-10-5-2-6-11-15)23-18(16)14-8-3-1-4-9-14/h1-6,8-11,16-19,23H,7,12-13H2,(H3,22,25,26)/t16-,17-,18-,19+/m0/s1. The van der Waals surface area contributed by atoms with Crippen molar-refractivity contribution in [3.8, 4) is 0 Å². The molecule has 0 unspecified atom stereocenters. The fourth-order valence-corrected chi connectivity index (χ4v) is 4.49. The first-order chi connectivity index (χ1) is 12.7. The summed E-state index contributed by atoms with van der Waals surface area (Å²) in [5.74, 6) is 0.533. The molecule has 0 aromatic heterocycles. The summed E-state index contributed by atoms with van der Waals surface area (Å²) in [6.07, 6.45) is 3.28. The summed E-state index contributed by atoms with van der Waals surface area (Å²) in [5.41, 5.74) is 11.3.